The molecule has 17 heavy (non-hydrogen) atoms. The Hall–Kier alpha value is -1.30. The van der Waals surface area contributed by atoms with E-state index in [1.165, 1.54) is 0 Å². The summed E-state index contributed by atoms with van der Waals surface area (Å²) in [5.74, 6) is 0. The maximum Gasteiger partial charge on any atom is 0.188 e. The summed E-state index contributed by atoms with van der Waals surface area (Å²) in [6.07, 6.45) is 0. The van der Waals surface area contributed by atoms with Crippen molar-refractivity contribution in [1.29, 1.82) is 0 Å². The quantitative estimate of drug-likeness (QED) is 0.660. The van der Waals surface area contributed by atoms with Gasteiger partial charge in [0.05, 0.1) is 16.3 Å². The fourth-order valence-corrected chi connectivity index (χ4v) is 3.39. The van der Waals surface area contributed by atoms with Crippen LogP contribution in [0.25, 0.3) is 0 Å². The lowest BCUT2D eigenvalue weighted by Gasteiger charge is -2.21. The average molecular weight is 263 g/mol. The molecule has 0 radical (unpaired) electrons. The van der Waals surface area contributed by atoms with Crippen molar-refractivity contribution >= 4 is 34.2 Å². The zero-order valence-electron chi connectivity index (χ0n) is 8.71. The summed E-state index contributed by atoms with van der Waals surface area (Å²) in [5, 5.41) is 3.22. The van der Waals surface area contributed by atoms with E-state index in [1.54, 1.807) is 23.9 Å². The number of para-hydroxylation sites is 2. The first kappa shape index (κ1) is 10.8. The number of rotatable bonds is 1. The molecule has 3 nitrogen and oxygen atoms in total. The molecule has 0 saturated carbocycles. The highest BCUT2D eigenvalue weighted by Gasteiger charge is 2.19. The van der Waals surface area contributed by atoms with E-state index in [0.717, 1.165) is 21.2 Å². The maximum absolute atomic E-state index is 11.2. The van der Waals surface area contributed by atoms with Crippen LogP contribution in [-0.4, -0.2) is 8.76 Å². The summed E-state index contributed by atoms with van der Waals surface area (Å²) in [4.78, 5) is 2.52. The van der Waals surface area contributed by atoms with E-state index >= 15 is 0 Å². The van der Waals surface area contributed by atoms with Gasteiger partial charge in [0.25, 0.3) is 0 Å². The first-order valence-electron chi connectivity index (χ1n) is 5.03. The zero-order valence-corrected chi connectivity index (χ0v) is 10.3. The first-order valence-corrected chi connectivity index (χ1v) is 6.96. The Morgan fingerprint density at radius 2 is 1.82 bits per heavy atom. The van der Waals surface area contributed by atoms with Crippen LogP contribution in [0.3, 0.4) is 0 Å². The molecule has 0 amide bonds. The van der Waals surface area contributed by atoms with Crippen molar-refractivity contribution in [2.45, 2.75) is 14.7 Å². The molecule has 0 saturated heterocycles. The summed E-state index contributed by atoms with van der Waals surface area (Å²) < 4.78 is 20.5. The van der Waals surface area contributed by atoms with E-state index in [1.807, 2.05) is 30.3 Å². The summed E-state index contributed by atoms with van der Waals surface area (Å²) >= 11 is -0.365. The fraction of sp³-hybridized carbons (Fsp3) is 0. The minimum atomic E-state index is -1.97. The molecule has 2 aromatic carbocycles. The smallest absolute Gasteiger partial charge is 0.188 e. The fourth-order valence-electron chi connectivity index (χ4n) is 1.78. The predicted octanol–water partition coefficient (Wildman–Crippen LogP) is 3.48. The Labute approximate surface area is 106 Å². The first-order chi connectivity index (χ1) is 8.25. The minimum absolute atomic E-state index is 0.421. The van der Waals surface area contributed by atoms with Crippen molar-refractivity contribution in [2.75, 3.05) is 5.32 Å². The number of nitrogens with one attached hydrogen (secondary N) is 1. The highest BCUT2D eigenvalue weighted by molar-refractivity contribution is 7.99. The van der Waals surface area contributed by atoms with Gasteiger partial charge in [0.1, 0.15) is 0 Å². The van der Waals surface area contributed by atoms with Gasteiger partial charge in [-0.3, -0.25) is 0 Å². The topological polar surface area (TPSA) is 49.3 Å². The van der Waals surface area contributed by atoms with Gasteiger partial charge < -0.3 is 9.87 Å². The molecule has 0 fully saturated rings. The Balaban J connectivity index is 2.15. The Morgan fingerprint density at radius 3 is 2.65 bits per heavy atom. The van der Waals surface area contributed by atoms with Gasteiger partial charge in [-0.05, 0) is 24.3 Å². The number of benzene rings is 2. The second-order valence-corrected chi connectivity index (χ2v) is 5.62. The highest BCUT2D eigenvalue weighted by atomic mass is 32.2. The molecule has 2 aromatic rings. The molecule has 2 N–H and O–H groups in total. The predicted molar refractivity (Wildman–Crippen MR) is 69.3 cm³/mol. The van der Waals surface area contributed by atoms with Gasteiger partial charge in [-0.2, -0.15) is 0 Å². The van der Waals surface area contributed by atoms with Crippen LogP contribution < -0.4 is 5.32 Å². The van der Waals surface area contributed by atoms with E-state index < -0.39 is 11.1 Å². The van der Waals surface area contributed by atoms with Crippen LogP contribution in [0, 0.1) is 0 Å². The molecule has 3 rings (SSSR count). The molecule has 5 heteroatoms. The Kier molecular flexibility index (Phi) is 2.66. The normalized spacial score (nSPS) is 14.4. The molecular formula is C12H9NO2S2. The van der Waals surface area contributed by atoms with E-state index in [9.17, 15) is 8.76 Å². The van der Waals surface area contributed by atoms with E-state index in [2.05, 4.69) is 5.32 Å². The largest absolute Gasteiger partial charge is 0.353 e. The van der Waals surface area contributed by atoms with Gasteiger partial charge in [-0.25, -0.2) is 4.21 Å². The maximum atomic E-state index is 11.2. The lowest BCUT2D eigenvalue weighted by Crippen LogP contribution is -2.04. The molecule has 1 aliphatic rings. The van der Waals surface area contributed by atoms with Crippen LogP contribution in [0.4, 0.5) is 11.4 Å². The van der Waals surface area contributed by atoms with Crippen LogP contribution in [0.15, 0.2) is 57.2 Å². The van der Waals surface area contributed by atoms with Gasteiger partial charge in [-0.15, -0.1) is 0 Å². The minimum Gasteiger partial charge on any atom is -0.353 e. The molecule has 1 heterocycles. The SMILES string of the molecule is O=S(O)c1cccc2c1Nc1ccccc1S2. The molecule has 0 aliphatic carbocycles. The second kappa shape index (κ2) is 4.18. The zero-order chi connectivity index (χ0) is 11.8. The molecule has 86 valence electrons. The Bertz CT molecular complexity index is 613. The van der Waals surface area contributed by atoms with E-state index in [0.29, 0.717) is 4.90 Å². The van der Waals surface area contributed by atoms with Crippen molar-refractivity contribution in [3.8, 4) is 0 Å². The third kappa shape index (κ3) is 1.86. The van der Waals surface area contributed by atoms with Crippen molar-refractivity contribution in [3.05, 3.63) is 42.5 Å². The standard InChI is InChI=1S/C12H9NO2S2/c14-17(15)11-7-3-6-10-12(11)13-8-4-1-2-5-9(8)16-10/h1-7,13H,(H,14,15). The number of fused-ring (bicyclic) bond motifs is 2. The molecule has 1 unspecified atom stereocenters. The lowest BCUT2D eigenvalue weighted by atomic mass is 10.2. The molecule has 0 spiro atoms. The van der Waals surface area contributed by atoms with Gasteiger partial charge in [0.15, 0.2) is 11.1 Å². The van der Waals surface area contributed by atoms with Crippen LogP contribution in [0.2, 0.25) is 0 Å². The van der Waals surface area contributed by atoms with Crippen molar-refractivity contribution < 1.29 is 8.76 Å². The Morgan fingerprint density at radius 1 is 1.06 bits per heavy atom. The van der Waals surface area contributed by atoms with Crippen LogP contribution in [0.1, 0.15) is 0 Å². The molecule has 0 bridgehead atoms. The van der Waals surface area contributed by atoms with Gasteiger partial charge >= 0.3 is 0 Å². The van der Waals surface area contributed by atoms with Gasteiger partial charge in [0.2, 0.25) is 0 Å². The van der Waals surface area contributed by atoms with Crippen molar-refractivity contribution in [3.63, 3.8) is 0 Å². The van der Waals surface area contributed by atoms with Gasteiger partial charge in [0, 0.05) is 9.79 Å². The van der Waals surface area contributed by atoms with Gasteiger partial charge in [-0.1, -0.05) is 30.0 Å². The van der Waals surface area contributed by atoms with Crippen LogP contribution in [0.5, 0.6) is 0 Å². The number of hydrogen-bond donors (Lipinski definition) is 2. The van der Waals surface area contributed by atoms with Crippen molar-refractivity contribution in [1.82, 2.24) is 0 Å². The molecule has 0 aromatic heterocycles. The molecular weight excluding hydrogens is 254 g/mol. The second-order valence-electron chi connectivity index (χ2n) is 3.60. The average Bonchev–Trinajstić information content (AvgIpc) is 2.35. The molecule has 1 atom stereocenters. The van der Waals surface area contributed by atoms with Crippen molar-refractivity contribution in [2.24, 2.45) is 0 Å². The van der Waals surface area contributed by atoms with E-state index in [4.69, 9.17) is 0 Å². The lowest BCUT2D eigenvalue weighted by molar-refractivity contribution is 0.564. The number of anilines is 2. The van der Waals surface area contributed by atoms with Crippen LogP contribution in [-0.2, 0) is 11.1 Å². The summed E-state index contributed by atoms with van der Waals surface area (Å²) in [5.41, 5.74) is 1.71. The van der Waals surface area contributed by atoms with Crippen LogP contribution >= 0.6 is 11.8 Å². The third-order valence-electron chi connectivity index (χ3n) is 2.54. The summed E-state index contributed by atoms with van der Waals surface area (Å²) in [7, 11) is 0. The highest BCUT2D eigenvalue weighted by Crippen LogP contribution is 2.45. The third-order valence-corrected chi connectivity index (χ3v) is 4.40. The summed E-state index contributed by atoms with van der Waals surface area (Å²) in [6.45, 7) is 0. The monoisotopic (exact) mass is 263 g/mol. The molecule has 1 aliphatic heterocycles. The summed E-state index contributed by atoms with van der Waals surface area (Å²) in [6, 6.07) is 13.3. The van der Waals surface area contributed by atoms with E-state index in [-0.39, 0.29) is 0 Å². The number of hydrogen-bond acceptors (Lipinski definition) is 3.